The van der Waals surface area contributed by atoms with Crippen LogP contribution in [0.15, 0.2) is 30.5 Å². The molecule has 1 aromatic carbocycles. The minimum Gasteiger partial charge on any atom is -0.396 e. The van der Waals surface area contributed by atoms with Crippen LogP contribution in [0.5, 0.6) is 0 Å². The van der Waals surface area contributed by atoms with Gasteiger partial charge < -0.3 is 5.73 Å². The van der Waals surface area contributed by atoms with E-state index in [9.17, 15) is 0 Å². The van der Waals surface area contributed by atoms with Gasteiger partial charge in [-0.25, -0.2) is 0 Å². The molecule has 0 unspecified atom stereocenters. The van der Waals surface area contributed by atoms with E-state index in [-0.39, 0.29) is 0 Å². The van der Waals surface area contributed by atoms with Gasteiger partial charge >= 0.3 is 0 Å². The monoisotopic (exact) mass is 263 g/mol. The fourth-order valence-corrected chi connectivity index (χ4v) is 1.86. The largest absolute Gasteiger partial charge is 0.396 e. The van der Waals surface area contributed by atoms with Crippen LogP contribution in [0.1, 0.15) is 5.56 Å². The molecule has 0 saturated carbocycles. The number of anilines is 1. The van der Waals surface area contributed by atoms with Crippen molar-refractivity contribution in [1.29, 1.82) is 5.26 Å². The SMILES string of the molecule is N#Cc1ccnc(-c2cccc(Cl)c2Cl)c1N. The number of rotatable bonds is 1. The smallest absolute Gasteiger partial charge is 0.101 e. The van der Waals surface area contributed by atoms with Gasteiger partial charge in [-0.3, -0.25) is 4.98 Å². The van der Waals surface area contributed by atoms with E-state index in [1.807, 2.05) is 6.07 Å². The summed E-state index contributed by atoms with van der Waals surface area (Å²) in [4.78, 5) is 4.14. The average molecular weight is 264 g/mol. The molecule has 0 aliphatic heterocycles. The Morgan fingerprint density at radius 3 is 2.71 bits per heavy atom. The maximum absolute atomic E-state index is 8.90. The summed E-state index contributed by atoms with van der Waals surface area (Å²) in [6, 6.07) is 8.74. The van der Waals surface area contributed by atoms with Crippen molar-refractivity contribution in [2.24, 2.45) is 0 Å². The number of nitrogens with two attached hydrogens (primary N) is 1. The van der Waals surface area contributed by atoms with Crippen molar-refractivity contribution in [2.75, 3.05) is 5.73 Å². The zero-order valence-corrected chi connectivity index (χ0v) is 10.1. The molecular formula is C12H7Cl2N3. The Morgan fingerprint density at radius 1 is 1.24 bits per heavy atom. The number of halogens is 2. The third-order valence-corrected chi connectivity index (χ3v) is 3.14. The van der Waals surface area contributed by atoms with E-state index in [1.54, 1.807) is 24.3 Å². The summed E-state index contributed by atoms with van der Waals surface area (Å²) in [5.74, 6) is 0. The molecule has 0 amide bonds. The molecule has 3 nitrogen and oxygen atoms in total. The van der Waals surface area contributed by atoms with E-state index in [4.69, 9.17) is 34.2 Å². The Balaban J connectivity index is 2.70. The molecule has 84 valence electrons. The highest BCUT2D eigenvalue weighted by molar-refractivity contribution is 6.43. The van der Waals surface area contributed by atoms with Crippen molar-refractivity contribution < 1.29 is 0 Å². The summed E-state index contributed by atoms with van der Waals surface area (Å²) in [6.45, 7) is 0. The van der Waals surface area contributed by atoms with Crippen LogP contribution in [0.25, 0.3) is 11.3 Å². The Labute approximate surface area is 108 Å². The number of hydrogen-bond donors (Lipinski definition) is 1. The fourth-order valence-electron chi connectivity index (χ4n) is 1.47. The van der Waals surface area contributed by atoms with Gasteiger partial charge in [0.15, 0.2) is 0 Å². The predicted octanol–water partition coefficient (Wildman–Crippen LogP) is 3.51. The number of hydrogen-bond acceptors (Lipinski definition) is 3. The van der Waals surface area contributed by atoms with Crippen molar-refractivity contribution in [3.63, 3.8) is 0 Å². The lowest BCUT2D eigenvalue weighted by Crippen LogP contribution is -1.97. The highest BCUT2D eigenvalue weighted by Gasteiger charge is 2.13. The molecule has 2 N–H and O–H groups in total. The van der Waals surface area contributed by atoms with Gasteiger partial charge in [0.2, 0.25) is 0 Å². The summed E-state index contributed by atoms with van der Waals surface area (Å²) in [7, 11) is 0. The quantitative estimate of drug-likeness (QED) is 0.857. The van der Waals surface area contributed by atoms with Crippen molar-refractivity contribution in [1.82, 2.24) is 4.98 Å². The van der Waals surface area contributed by atoms with Crippen LogP contribution in [0, 0.1) is 11.3 Å². The van der Waals surface area contributed by atoms with Gasteiger partial charge in [0, 0.05) is 11.8 Å². The van der Waals surface area contributed by atoms with Crippen LogP contribution in [0.3, 0.4) is 0 Å². The highest BCUT2D eigenvalue weighted by atomic mass is 35.5. The summed E-state index contributed by atoms with van der Waals surface area (Å²) < 4.78 is 0. The van der Waals surface area contributed by atoms with Gasteiger partial charge in [-0.15, -0.1) is 0 Å². The molecule has 1 aromatic heterocycles. The number of nitrogens with zero attached hydrogens (tertiary/aromatic N) is 2. The summed E-state index contributed by atoms with van der Waals surface area (Å²) in [5.41, 5.74) is 7.62. The molecule has 0 spiro atoms. The van der Waals surface area contributed by atoms with E-state index in [0.717, 1.165) is 0 Å². The van der Waals surface area contributed by atoms with Gasteiger partial charge in [-0.2, -0.15) is 5.26 Å². The zero-order chi connectivity index (χ0) is 12.4. The molecule has 0 atom stereocenters. The standard InChI is InChI=1S/C12H7Cl2N3/c13-9-3-1-2-8(10(9)14)12-11(16)7(6-15)4-5-17-12/h1-5H,16H2. The number of nitrogen functional groups attached to an aromatic ring is 1. The molecule has 0 aliphatic rings. The molecule has 2 aromatic rings. The second-order valence-electron chi connectivity index (χ2n) is 3.33. The molecule has 2 rings (SSSR count). The van der Waals surface area contributed by atoms with E-state index in [0.29, 0.717) is 32.6 Å². The molecule has 0 bridgehead atoms. The molecular weight excluding hydrogens is 257 g/mol. The number of nitriles is 1. The molecule has 5 heteroatoms. The van der Waals surface area contributed by atoms with E-state index in [2.05, 4.69) is 4.98 Å². The van der Waals surface area contributed by atoms with Crippen LogP contribution in [-0.2, 0) is 0 Å². The topological polar surface area (TPSA) is 62.7 Å². The van der Waals surface area contributed by atoms with Gasteiger partial charge in [-0.1, -0.05) is 35.3 Å². The van der Waals surface area contributed by atoms with Crippen molar-refractivity contribution in [2.45, 2.75) is 0 Å². The first-order valence-electron chi connectivity index (χ1n) is 4.74. The molecule has 1 heterocycles. The van der Waals surface area contributed by atoms with Crippen LogP contribution in [-0.4, -0.2) is 4.98 Å². The zero-order valence-electron chi connectivity index (χ0n) is 8.61. The fraction of sp³-hybridized carbons (Fsp3) is 0. The second kappa shape index (κ2) is 4.62. The van der Waals surface area contributed by atoms with Crippen LogP contribution in [0.2, 0.25) is 10.0 Å². The lowest BCUT2D eigenvalue weighted by molar-refractivity contribution is 1.31. The van der Waals surface area contributed by atoms with Crippen LogP contribution < -0.4 is 5.73 Å². The molecule has 17 heavy (non-hydrogen) atoms. The van der Waals surface area contributed by atoms with E-state index < -0.39 is 0 Å². The second-order valence-corrected chi connectivity index (χ2v) is 4.12. The van der Waals surface area contributed by atoms with Gasteiger partial charge in [0.1, 0.15) is 6.07 Å². The van der Waals surface area contributed by atoms with Crippen LogP contribution >= 0.6 is 23.2 Å². The molecule has 0 radical (unpaired) electrons. The number of benzene rings is 1. The first-order chi connectivity index (χ1) is 8.15. The first kappa shape index (κ1) is 11.7. The lowest BCUT2D eigenvalue weighted by atomic mass is 10.1. The van der Waals surface area contributed by atoms with Gasteiger partial charge in [0.25, 0.3) is 0 Å². The normalized spacial score (nSPS) is 9.94. The van der Waals surface area contributed by atoms with Crippen molar-refractivity contribution in [3.05, 3.63) is 46.1 Å². The minimum atomic E-state index is 0.305. The summed E-state index contributed by atoms with van der Waals surface area (Å²) in [5, 5.41) is 9.70. The Morgan fingerprint density at radius 2 is 2.00 bits per heavy atom. The maximum atomic E-state index is 8.90. The third kappa shape index (κ3) is 2.05. The lowest BCUT2D eigenvalue weighted by Gasteiger charge is -2.08. The Bertz CT molecular complexity index is 618. The van der Waals surface area contributed by atoms with Crippen LogP contribution in [0.4, 0.5) is 5.69 Å². The van der Waals surface area contributed by atoms with Gasteiger partial charge in [-0.05, 0) is 12.1 Å². The Hall–Kier alpha value is -1.76. The van der Waals surface area contributed by atoms with E-state index >= 15 is 0 Å². The Kier molecular flexibility index (Phi) is 3.19. The maximum Gasteiger partial charge on any atom is 0.101 e. The number of aromatic nitrogens is 1. The predicted molar refractivity (Wildman–Crippen MR) is 68.8 cm³/mol. The molecule has 0 aliphatic carbocycles. The van der Waals surface area contributed by atoms with E-state index in [1.165, 1.54) is 6.20 Å². The van der Waals surface area contributed by atoms with Gasteiger partial charge in [0.05, 0.1) is 27.0 Å². The molecule has 0 saturated heterocycles. The average Bonchev–Trinajstić information content (AvgIpc) is 2.33. The van der Waals surface area contributed by atoms with Crippen molar-refractivity contribution >= 4 is 28.9 Å². The minimum absolute atomic E-state index is 0.305. The molecule has 0 fully saturated rings. The third-order valence-electron chi connectivity index (χ3n) is 2.32. The van der Waals surface area contributed by atoms with Crippen molar-refractivity contribution in [3.8, 4) is 17.3 Å². The first-order valence-corrected chi connectivity index (χ1v) is 5.49. The highest BCUT2D eigenvalue weighted by Crippen LogP contribution is 2.35. The number of pyridine rings is 1. The summed E-state index contributed by atoms with van der Waals surface area (Å²) in [6.07, 6.45) is 1.52. The summed E-state index contributed by atoms with van der Waals surface area (Å²) >= 11 is 12.0.